The number of carbonyl (C=O) groups is 1. The quantitative estimate of drug-likeness (QED) is 0.879. The van der Waals surface area contributed by atoms with Crippen LogP contribution in [0.15, 0.2) is 42.9 Å². The number of halogens is 1. The lowest BCUT2D eigenvalue weighted by molar-refractivity contribution is 0.0847. The van der Waals surface area contributed by atoms with Crippen LogP contribution in [0.4, 0.5) is 9.18 Å². The molecule has 3 rings (SSSR count). The summed E-state index contributed by atoms with van der Waals surface area (Å²) < 4.78 is 18.5. The first kappa shape index (κ1) is 16.4. The summed E-state index contributed by atoms with van der Waals surface area (Å²) in [7, 11) is 0. The number of nitrogens with zero attached hydrogens (tertiary/aromatic N) is 2. The van der Waals surface area contributed by atoms with Crippen LogP contribution < -0.4 is 5.32 Å². The van der Waals surface area contributed by atoms with E-state index in [1.165, 1.54) is 12.3 Å². The summed E-state index contributed by atoms with van der Waals surface area (Å²) in [6, 6.07) is 6.74. The van der Waals surface area contributed by atoms with Gasteiger partial charge in [-0.05, 0) is 42.7 Å². The molecule has 1 amide bonds. The zero-order valence-electron chi connectivity index (χ0n) is 13.5. The van der Waals surface area contributed by atoms with E-state index >= 15 is 0 Å². The number of hydrogen-bond acceptors (Lipinski definition) is 4. The third kappa shape index (κ3) is 4.28. The SMILES string of the molecule is CC(CNC(=O)O[C@@H](c1ccncc1)C1CC1)c1ccc(F)cn1. The fourth-order valence-electron chi connectivity index (χ4n) is 2.57. The number of amides is 1. The summed E-state index contributed by atoms with van der Waals surface area (Å²) in [5, 5.41) is 2.77. The molecule has 1 unspecified atom stereocenters. The zero-order chi connectivity index (χ0) is 16.9. The molecule has 1 aliphatic carbocycles. The van der Waals surface area contributed by atoms with Crippen LogP contribution in [0, 0.1) is 11.7 Å². The number of rotatable bonds is 6. The molecule has 0 aliphatic heterocycles. The molecule has 1 N–H and O–H groups in total. The van der Waals surface area contributed by atoms with Crippen LogP contribution in [-0.4, -0.2) is 22.6 Å². The van der Waals surface area contributed by atoms with Gasteiger partial charge in [0.15, 0.2) is 0 Å². The highest BCUT2D eigenvalue weighted by atomic mass is 19.1. The van der Waals surface area contributed by atoms with Crippen LogP contribution in [-0.2, 0) is 4.74 Å². The second kappa shape index (κ2) is 7.38. The van der Waals surface area contributed by atoms with Gasteiger partial charge in [0.25, 0.3) is 0 Å². The first-order chi connectivity index (χ1) is 11.6. The number of pyridine rings is 2. The van der Waals surface area contributed by atoms with Crippen molar-refractivity contribution in [2.45, 2.75) is 31.8 Å². The van der Waals surface area contributed by atoms with E-state index in [1.807, 2.05) is 19.1 Å². The van der Waals surface area contributed by atoms with Gasteiger partial charge in [-0.25, -0.2) is 9.18 Å². The van der Waals surface area contributed by atoms with Crippen LogP contribution in [0.25, 0.3) is 0 Å². The summed E-state index contributed by atoms with van der Waals surface area (Å²) in [4.78, 5) is 20.1. The third-order valence-corrected chi connectivity index (χ3v) is 4.13. The highest BCUT2D eigenvalue weighted by Crippen LogP contribution is 2.43. The van der Waals surface area contributed by atoms with Crippen molar-refractivity contribution in [2.24, 2.45) is 5.92 Å². The van der Waals surface area contributed by atoms with Crippen molar-refractivity contribution >= 4 is 6.09 Å². The number of ether oxygens (including phenoxy) is 1. The number of alkyl carbamates (subject to hydrolysis) is 1. The standard InChI is InChI=1S/C18H20FN3O2/c1-12(16-5-4-15(19)11-21-16)10-22-18(23)24-17(13-2-3-13)14-6-8-20-9-7-14/h4-9,11-13,17H,2-3,10H2,1H3,(H,22,23)/t12?,17-/m1/s1. The van der Waals surface area contributed by atoms with Gasteiger partial charge in [0.1, 0.15) is 11.9 Å². The number of carbonyl (C=O) groups excluding carboxylic acids is 1. The van der Waals surface area contributed by atoms with E-state index in [2.05, 4.69) is 15.3 Å². The average Bonchev–Trinajstić information content (AvgIpc) is 3.44. The first-order valence-electron chi connectivity index (χ1n) is 8.09. The van der Waals surface area contributed by atoms with Crippen molar-refractivity contribution in [2.75, 3.05) is 6.54 Å². The second-order valence-corrected chi connectivity index (χ2v) is 6.13. The van der Waals surface area contributed by atoms with Crippen LogP contribution in [0.2, 0.25) is 0 Å². The third-order valence-electron chi connectivity index (χ3n) is 4.13. The molecule has 2 heterocycles. The second-order valence-electron chi connectivity index (χ2n) is 6.13. The Morgan fingerprint density at radius 2 is 2.08 bits per heavy atom. The van der Waals surface area contributed by atoms with Gasteiger partial charge in [-0.3, -0.25) is 9.97 Å². The Morgan fingerprint density at radius 3 is 2.71 bits per heavy atom. The van der Waals surface area contributed by atoms with E-state index < -0.39 is 6.09 Å². The van der Waals surface area contributed by atoms with E-state index in [0.29, 0.717) is 12.5 Å². The van der Waals surface area contributed by atoms with Gasteiger partial charge >= 0.3 is 6.09 Å². The molecule has 24 heavy (non-hydrogen) atoms. The molecule has 2 aromatic rings. The van der Waals surface area contributed by atoms with Crippen molar-refractivity contribution in [1.82, 2.24) is 15.3 Å². The van der Waals surface area contributed by atoms with E-state index in [4.69, 9.17) is 4.74 Å². The molecule has 2 aromatic heterocycles. The van der Waals surface area contributed by atoms with Crippen LogP contribution in [0.1, 0.15) is 43.0 Å². The minimum absolute atomic E-state index is 0.0292. The molecular formula is C18H20FN3O2. The van der Waals surface area contributed by atoms with Crippen molar-refractivity contribution in [1.29, 1.82) is 0 Å². The maximum atomic E-state index is 12.9. The fourth-order valence-corrected chi connectivity index (χ4v) is 2.57. The topological polar surface area (TPSA) is 64.1 Å². The fraction of sp³-hybridized carbons (Fsp3) is 0.389. The Kier molecular flexibility index (Phi) is 5.03. The van der Waals surface area contributed by atoms with Gasteiger partial charge < -0.3 is 10.1 Å². The Bertz CT molecular complexity index is 674. The minimum atomic E-state index is -0.447. The molecule has 5 nitrogen and oxygen atoms in total. The number of nitrogens with one attached hydrogen (secondary N) is 1. The van der Waals surface area contributed by atoms with E-state index in [9.17, 15) is 9.18 Å². The van der Waals surface area contributed by atoms with Gasteiger partial charge in [-0.15, -0.1) is 0 Å². The maximum Gasteiger partial charge on any atom is 0.407 e. The highest BCUT2D eigenvalue weighted by Gasteiger charge is 2.35. The van der Waals surface area contributed by atoms with Crippen molar-refractivity contribution < 1.29 is 13.9 Å². The molecule has 1 aliphatic rings. The van der Waals surface area contributed by atoms with Crippen LogP contribution in [0.3, 0.4) is 0 Å². The van der Waals surface area contributed by atoms with Gasteiger partial charge in [0.2, 0.25) is 0 Å². The normalized spacial score (nSPS) is 16.2. The smallest absolute Gasteiger partial charge is 0.407 e. The predicted molar refractivity (Wildman–Crippen MR) is 86.8 cm³/mol. The van der Waals surface area contributed by atoms with Crippen molar-refractivity contribution in [3.63, 3.8) is 0 Å². The lowest BCUT2D eigenvalue weighted by Gasteiger charge is -2.19. The molecule has 126 valence electrons. The molecule has 1 fully saturated rings. The maximum absolute atomic E-state index is 12.9. The summed E-state index contributed by atoms with van der Waals surface area (Å²) in [5.41, 5.74) is 1.69. The molecule has 0 radical (unpaired) electrons. The summed E-state index contributed by atoms with van der Waals surface area (Å²) in [6.07, 6.45) is 6.04. The zero-order valence-corrected chi connectivity index (χ0v) is 13.5. The summed E-state index contributed by atoms with van der Waals surface area (Å²) in [6.45, 7) is 2.30. The van der Waals surface area contributed by atoms with Gasteiger partial charge in [0.05, 0.1) is 6.20 Å². The predicted octanol–water partition coefficient (Wildman–Crippen LogP) is 3.60. The Labute approximate surface area is 140 Å². The highest BCUT2D eigenvalue weighted by molar-refractivity contribution is 5.67. The Morgan fingerprint density at radius 1 is 1.33 bits per heavy atom. The lowest BCUT2D eigenvalue weighted by atomic mass is 10.1. The van der Waals surface area contributed by atoms with Gasteiger partial charge in [-0.1, -0.05) is 6.92 Å². The average molecular weight is 329 g/mol. The molecule has 0 saturated heterocycles. The summed E-state index contributed by atoms with van der Waals surface area (Å²) in [5.74, 6) is -0.0178. The number of aromatic nitrogens is 2. The number of hydrogen-bond donors (Lipinski definition) is 1. The molecule has 0 spiro atoms. The van der Waals surface area contributed by atoms with Crippen molar-refractivity contribution in [3.05, 3.63) is 59.9 Å². The van der Waals surface area contributed by atoms with Crippen LogP contribution >= 0.6 is 0 Å². The Balaban J connectivity index is 1.53. The lowest BCUT2D eigenvalue weighted by Crippen LogP contribution is -2.30. The minimum Gasteiger partial charge on any atom is -0.441 e. The molecule has 0 bridgehead atoms. The van der Waals surface area contributed by atoms with E-state index in [-0.39, 0.29) is 17.8 Å². The Hall–Kier alpha value is -2.50. The molecular weight excluding hydrogens is 309 g/mol. The monoisotopic (exact) mass is 329 g/mol. The van der Waals surface area contributed by atoms with Gasteiger partial charge in [0, 0.05) is 36.5 Å². The molecule has 6 heteroatoms. The molecule has 2 atom stereocenters. The largest absolute Gasteiger partial charge is 0.441 e. The molecule has 1 saturated carbocycles. The summed E-state index contributed by atoms with van der Waals surface area (Å²) >= 11 is 0. The van der Waals surface area contributed by atoms with E-state index in [0.717, 1.165) is 24.1 Å². The van der Waals surface area contributed by atoms with E-state index in [1.54, 1.807) is 18.5 Å². The first-order valence-corrected chi connectivity index (χ1v) is 8.09. The van der Waals surface area contributed by atoms with Gasteiger partial charge in [-0.2, -0.15) is 0 Å². The van der Waals surface area contributed by atoms with Crippen LogP contribution in [0.5, 0.6) is 0 Å². The molecule has 0 aromatic carbocycles. The van der Waals surface area contributed by atoms with Crippen molar-refractivity contribution in [3.8, 4) is 0 Å².